The second kappa shape index (κ2) is 16.8. The summed E-state index contributed by atoms with van der Waals surface area (Å²) < 4.78 is 333. The summed E-state index contributed by atoms with van der Waals surface area (Å²) in [5.41, 5.74) is -14.1. The quantitative estimate of drug-likeness (QED) is 0.0541. The van der Waals surface area contributed by atoms with Crippen molar-refractivity contribution in [2.24, 2.45) is 0 Å². The average molecular weight is 918 g/mol. The van der Waals surface area contributed by atoms with Crippen molar-refractivity contribution in [2.75, 3.05) is 0 Å². The zero-order chi connectivity index (χ0) is 46.7. The molecule has 0 amide bonds. The summed E-state index contributed by atoms with van der Waals surface area (Å²) in [5.74, 6) is -71.4. The standard InChI is InChI=1S/C24BF20.C12H10F3N2/c26-5-1(6(27)14(35)21(42)13(5)34)25(2-7(28)15(36)22(43)16(37)8(2)29,3-9(30)17(38)23(44)18(39)10(3)31)4-11(32)19(40)24(45)20(41)12(4)33;13-12(14,15)11-3-1-10(2-4-11)9-17-7-5-16-6-8-17/h;1-8H,9H2/q-1;+1. The van der Waals surface area contributed by atoms with E-state index in [-0.39, 0.29) is 0 Å². The minimum Gasteiger partial charge on any atom is -0.252 e. The maximum absolute atomic E-state index is 15.4. The van der Waals surface area contributed by atoms with Gasteiger partial charge in [-0.2, -0.15) is 17.7 Å². The molecule has 0 aliphatic rings. The molecule has 0 N–H and O–H groups in total. The highest BCUT2D eigenvalue weighted by atomic mass is 19.4. The number of nitrogens with zero attached hydrogens (tertiary/aromatic N) is 2. The van der Waals surface area contributed by atoms with Gasteiger partial charge in [-0.25, -0.2) is 87.8 Å². The van der Waals surface area contributed by atoms with E-state index in [9.17, 15) is 65.9 Å². The van der Waals surface area contributed by atoms with E-state index >= 15 is 35.1 Å². The van der Waals surface area contributed by atoms with Crippen LogP contribution in [-0.4, -0.2) is 11.1 Å². The average Bonchev–Trinajstić information content (AvgIpc) is 3.24. The molecule has 2 nitrogen and oxygen atoms in total. The van der Waals surface area contributed by atoms with Crippen LogP contribution in [0.5, 0.6) is 0 Å². The minimum absolute atomic E-state index is 0.528. The summed E-state index contributed by atoms with van der Waals surface area (Å²) >= 11 is 0. The highest BCUT2D eigenvalue weighted by Gasteiger charge is 2.52. The van der Waals surface area contributed by atoms with E-state index in [0.29, 0.717) is 6.54 Å². The molecular weight excluding hydrogens is 908 g/mol. The van der Waals surface area contributed by atoms with Crippen LogP contribution in [0.1, 0.15) is 11.1 Å². The van der Waals surface area contributed by atoms with Crippen LogP contribution in [0.25, 0.3) is 0 Å². The number of hydrogen-bond donors (Lipinski definition) is 0. The van der Waals surface area contributed by atoms with Crippen molar-refractivity contribution in [3.05, 3.63) is 177 Å². The monoisotopic (exact) mass is 918 g/mol. The summed E-state index contributed by atoms with van der Waals surface area (Å²) in [4.78, 5) is 3.86. The Morgan fingerprint density at radius 1 is 0.355 bits per heavy atom. The Hall–Kier alpha value is -6.37. The van der Waals surface area contributed by atoms with Gasteiger partial charge < -0.3 is 0 Å². The number of hydrogen-bond acceptors (Lipinski definition) is 1. The first-order valence-corrected chi connectivity index (χ1v) is 15.9. The van der Waals surface area contributed by atoms with Gasteiger partial charge in [-0.1, -0.05) is 12.1 Å². The molecule has 0 spiro atoms. The summed E-state index contributed by atoms with van der Waals surface area (Å²) in [5, 5.41) is 0. The van der Waals surface area contributed by atoms with Crippen LogP contribution in [0.3, 0.4) is 0 Å². The first-order chi connectivity index (χ1) is 28.8. The lowest BCUT2D eigenvalue weighted by atomic mass is 9.12. The molecule has 1 aromatic heterocycles. The van der Waals surface area contributed by atoms with Crippen molar-refractivity contribution in [1.82, 2.24) is 4.98 Å². The fourth-order valence-electron chi connectivity index (χ4n) is 6.34. The predicted octanol–water partition coefficient (Wildman–Crippen LogP) is 8.28. The van der Waals surface area contributed by atoms with Crippen molar-refractivity contribution in [2.45, 2.75) is 12.7 Å². The van der Waals surface area contributed by atoms with Crippen LogP contribution in [-0.2, 0) is 12.7 Å². The maximum Gasteiger partial charge on any atom is 0.416 e. The molecule has 0 fully saturated rings. The molecule has 0 bridgehead atoms. The maximum atomic E-state index is 15.4. The number of alkyl halides is 3. The molecule has 0 atom stereocenters. The normalized spacial score (nSPS) is 11.9. The molecule has 0 aliphatic carbocycles. The number of benzene rings is 5. The zero-order valence-electron chi connectivity index (χ0n) is 29.0. The van der Waals surface area contributed by atoms with Crippen LogP contribution >= 0.6 is 0 Å². The third-order valence-electron chi connectivity index (χ3n) is 9.04. The van der Waals surface area contributed by atoms with Crippen LogP contribution in [0.15, 0.2) is 49.1 Å². The lowest BCUT2D eigenvalue weighted by Crippen LogP contribution is -2.81. The van der Waals surface area contributed by atoms with Gasteiger partial charge in [0, 0.05) is 5.56 Å². The lowest BCUT2D eigenvalue weighted by molar-refractivity contribution is -0.688. The van der Waals surface area contributed by atoms with Crippen LogP contribution < -0.4 is 26.4 Å². The van der Waals surface area contributed by atoms with E-state index in [1.54, 1.807) is 24.8 Å². The van der Waals surface area contributed by atoms with Crippen molar-refractivity contribution >= 4 is 28.0 Å². The molecule has 0 radical (unpaired) electrons. The van der Waals surface area contributed by atoms with Gasteiger partial charge in [0.05, 0.1) is 18.0 Å². The van der Waals surface area contributed by atoms with Gasteiger partial charge in [-0.15, -0.1) is 21.9 Å². The van der Waals surface area contributed by atoms with E-state index in [0.717, 1.165) is 17.7 Å². The van der Waals surface area contributed by atoms with Gasteiger partial charge in [-0.3, -0.25) is 4.98 Å². The summed E-state index contributed by atoms with van der Waals surface area (Å²) in [6, 6.07) is 5.15. The number of rotatable bonds is 6. The second-order valence-electron chi connectivity index (χ2n) is 12.4. The van der Waals surface area contributed by atoms with Gasteiger partial charge in [0.15, 0.2) is 88.7 Å². The zero-order valence-corrected chi connectivity index (χ0v) is 29.0. The number of aromatic nitrogens is 2. The van der Waals surface area contributed by atoms with E-state index in [1.165, 1.54) is 12.1 Å². The molecule has 0 saturated heterocycles. The summed E-state index contributed by atoms with van der Waals surface area (Å²) in [6.45, 7) is 0.528. The summed E-state index contributed by atoms with van der Waals surface area (Å²) in [7, 11) is 0. The molecule has 0 aliphatic heterocycles. The molecule has 6 aromatic rings. The van der Waals surface area contributed by atoms with Crippen LogP contribution in [0.4, 0.5) is 101 Å². The highest BCUT2D eigenvalue weighted by molar-refractivity contribution is 7.20. The molecule has 6 rings (SSSR count). The van der Waals surface area contributed by atoms with E-state index in [2.05, 4.69) is 4.98 Å². The predicted molar refractivity (Wildman–Crippen MR) is 164 cm³/mol. The Kier molecular flexibility index (Phi) is 12.7. The smallest absolute Gasteiger partial charge is 0.252 e. The fraction of sp³-hybridized carbons (Fsp3) is 0.0556. The molecule has 1 heterocycles. The minimum atomic E-state index is -7.22. The first-order valence-electron chi connectivity index (χ1n) is 15.9. The molecule has 0 unspecified atom stereocenters. The SMILES string of the molecule is FC(F)(F)c1ccc(C[n+]2ccncc2)cc1.Fc1c(F)c(F)c([B-](c2c(F)c(F)c(F)c(F)c2F)(c2c(F)c(F)c(F)c(F)c2F)c2c(F)c(F)c(F)c(F)c2F)c(F)c1F. The van der Waals surface area contributed by atoms with Crippen LogP contribution in [0, 0.1) is 116 Å². The van der Waals surface area contributed by atoms with Gasteiger partial charge in [0.2, 0.25) is 0 Å². The van der Waals surface area contributed by atoms with E-state index in [1.807, 2.05) is 4.57 Å². The molecule has 0 saturated carbocycles. The fourth-order valence-corrected chi connectivity index (χ4v) is 6.34. The van der Waals surface area contributed by atoms with Gasteiger partial charge in [0.25, 0.3) is 0 Å². The molecule has 5 aromatic carbocycles. The Morgan fingerprint density at radius 3 is 0.806 bits per heavy atom. The van der Waals surface area contributed by atoms with E-state index in [4.69, 9.17) is 0 Å². The topological polar surface area (TPSA) is 16.8 Å². The molecule has 26 heteroatoms. The second-order valence-corrected chi connectivity index (χ2v) is 12.4. The molecular formula is C36H10BF23N2. The molecule has 328 valence electrons. The highest BCUT2D eigenvalue weighted by Crippen LogP contribution is 2.31. The lowest BCUT2D eigenvalue weighted by Gasteiger charge is -2.44. The van der Waals surface area contributed by atoms with Gasteiger partial charge in [0.1, 0.15) is 52.7 Å². The summed E-state index contributed by atoms with van der Waals surface area (Å²) in [6.07, 6.45) is -4.71. The largest absolute Gasteiger partial charge is 0.416 e. The first kappa shape index (κ1) is 46.7. The molecule has 62 heavy (non-hydrogen) atoms. The van der Waals surface area contributed by atoms with Gasteiger partial charge >= 0.3 is 6.18 Å². The van der Waals surface area contributed by atoms with Crippen LogP contribution in [0.2, 0.25) is 0 Å². The Morgan fingerprint density at radius 2 is 0.581 bits per heavy atom. The van der Waals surface area contributed by atoms with Gasteiger partial charge in [-0.05, 0) is 12.1 Å². The third-order valence-corrected chi connectivity index (χ3v) is 9.04. The Bertz CT molecular complexity index is 2360. The Balaban J connectivity index is 0.000000355. The third kappa shape index (κ3) is 7.41. The Labute approximate surface area is 328 Å². The van der Waals surface area contributed by atoms with E-state index < -0.39 is 156 Å². The number of halogens is 23. The van der Waals surface area contributed by atoms with Crippen molar-refractivity contribution < 1.29 is 106 Å². The van der Waals surface area contributed by atoms with Crippen molar-refractivity contribution in [1.29, 1.82) is 0 Å². The van der Waals surface area contributed by atoms with Crippen molar-refractivity contribution in [3.63, 3.8) is 0 Å². The van der Waals surface area contributed by atoms with Crippen molar-refractivity contribution in [3.8, 4) is 0 Å².